The normalized spacial score (nSPS) is 25.9. The van der Waals surface area contributed by atoms with E-state index in [1.807, 2.05) is 4.90 Å². The molecule has 1 rings (SSSR count). The molecule has 0 aromatic rings. The van der Waals surface area contributed by atoms with Crippen molar-refractivity contribution in [3.8, 4) is 0 Å². The molecule has 1 heterocycles. The summed E-state index contributed by atoms with van der Waals surface area (Å²) in [5.74, 6) is -0.802. The molecule has 0 saturated carbocycles. The molecular weight excluding hydrogens is 274 g/mol. The van der Waals surface area contributed by atoms with Gasteiger partial charge in [-0.25, -0.2) is 0 Å². The van der Waals surface area contributed by atoms with Gasteiger partial charge in [0, 0.05) is 12.5 Å². The fourth-order valence-electron chi connectivity index (χ4n) is 2.11. The second-order valence-electron chi connectivity index (χ2n) is 4.24. The van der Waals surface area contributed by atoms with Crippen molar-refractivity contribution in [3.63, 3.8) is 0 Å². The third kappa shape index (κ3) is 3.28. The quantitative estimate of drug-likeness (QED) is 0.754. The first kappa shape index (κ1) is 13.6. The fraction of sp³-hybridized carbons (Fsp3) is 0.818. The minimum atomic E-state index is -0.805. The van der Waals surface area contributed by atoms with E-state index in [0.29, 0.717) is 18.3 Å². The number of rotatable bonds is 6. The van der Waals surface area contributed by atoms with E-state index in [1.54, 1.807) is 0 Å². The third-order valence-corrected chi connectivity index (χ3v) is 3.63. The van der Waals surface area contributed by atoms with Crippen molar-refractivity contribution in [2.75, 3.05) is 18.4 Å². The smallest absolute Gasteiger partial charge is 0.320 e. The molecule has 0 aliphatic carbocycles. The molecule has 92 valence electrons. The number of nitrogens with zero attached hydrogens (tertiary/aromatic N) is 1. The molecule has 16 heavy (non-hydrogen) atoms. The summed E-state index contributed by atoms with van der Waals surface area (Å²) in [6, 6.07) is -0.473. The van der Waals surface area contributed by atoms with E-state index in [1.165, 1.54) is 0 Å². The molecule has 0 aromatic heterocycles. The maximum absolute atomic E-state index is 11.5. The van der Waals surface area contributed by atoms with Crippen LogP contribution in [0.1, 0.15) is 26.2 Å². The number of Topliss-reactive ketones (excluding diaryl/α,β-unsaturated/α-hetero) is 1. The molecule has 5 heteroatoms. The molecule has 4 nitrogen and oxygen atoms in total. The SMILES string of the molecule is CCCCN1CC(C(=O)CBr)CC1C(=O)O. The Hall–Kier alpha value is -0.420. The van der Waals surface area contributed by atoms with Crippen LogP contribution in [0.4, 0.5) is 0 Å². The van der Waals surface area contributed by atoms with Crippen LogP contribution < -0.4 is 0 Å². The number of aliphatic carboxylic acids is 1. The van der Waals surface area contributed by atoms with Gasteiger partial charge in [-0.2, -0.15) is 0 Å². The first-order valence-corrected chi connectivity index (χ1v) is 6.77. The summed E-state index contributed by atoms with van der Waals surface area (Å²) in [6.45, 7) is 3.45. The van der Waals surface area contributed by atoms with E-state index in [-0.39, 0.29) is 11.7 Å². The predicted molar refractivity (Wildman–Crippen MR) is 64.8 cm³/mol. The van der Waals surface area contributed by atoms with E-state index in [2.05, 4.69) is 22.9 Å². The first-order valence-electron chi connectivity index (χ1n) is 5.65. The van der Waals surface area contributed by atoms with Gasteiger partial charge in [0.2, 0.25) is 0 Å². The van der Waals surface area contributed by atoms with Gasteiger partial charge in [0.15, 0.2) is 0 Å². The average Bonchev–Trinajstić information content (AvgIpc) is 2.69. The van der Waals surface area contributed by atoms with Crippen LogP contribution in [-0.2, 0) is 9.59 Å². The summed E-state index contributed by atoms with van der Waals surface area (Å²) in [5.41, 5.74) is 0. The molecule has 0 amide bonds. The van der Waals surface area contributed by atoms with Crippen LogP contribution in [0.25, 0.3) is 0 Å². The van der Waals surface area contributed by atoms with Gasteiger partial charge in [-0.05, 0) is 19.4 Å². The number of carbonyl (C=O) groups is 2. The summed E-state index contributed by atoms with van der Waals surface area (Å²) in [7, 11) is 0. The van der Waals surface area contributed by atoms with Crippen LogP contribution >= 0.6 is 15.9 Å². The molecule has 1 fully saturated rings. The average molecular weight is 292 g/mol. The summed E-state index contributed by atoms with van der Waals surface area (Å²) >= 11 is 3.14. The highest BCUT2D eigenvalue weighted by molar-refractivity contribution is 9.09. The number of hydrogen-bond donors (Lipinski definition) is 1. The molecule has 0 spiro atoms. The van der Waals surface area contributed by atoms with Crippen LogP contribution in [0, 0.1) is 5.92 Å². The molecule has 1 saturated heterocycles. The standard InChI is InChI=1S/C11H18BrNO3/c1-2-3-4-13-7-8(10(14)6-12)5-9(13)11(15)16/h8-9H,2-7H2,1H3,(H,15,16). The second-order valence-corrected chi connectivity index (χ2v) is 4.80. The summed E-state index contributed by atoms with van der Waals surface area (Å²) in [4.78, 5) is 24.5. The number of carboxylic acid groups (broad SMARTS) is 1. The zero-order valence-electron chi connectivity index (χ0n) is 9.49. The Morgan fingerprint density at radius 3 is 2.69 bits per heavy atom. The van der Waals surface area contributed by atoms with Crippen LogP contribution in [-0.4, -0.2) is 46.2 Å². The van der Waals surface area contributed by atoms with E-state index in [0.717, 1.165) is 19.4 Å². The Balaban J connectivity index is 2.60. The fourth-order valence-corrected chi connectivity index (χ4v) is 2.57. The number of carboxylic acids is 1. The number of unbranched alkanes of at least 4 members (excludes halogenated alkanes) is 1. The molecular formula is C11H18BrNO3. The lowest BCUT2D eigenvalue weighted by atomic mass is 10.0. The highest BCUT2D eigenvalue weighted by Gasteiger charge is 2.38. The molecule has 1 N–H and O–H groups in total. The molecule has 0 bridgehead atoms. The maximum atomic E-state index is 11.5. The van der Waals surface area contributed by atoms with E-state index >= 15 is 0 Å². The molecule has 1 aliphatic heterocycles. The largest absolute Gasteiger partial charge is 0.480 e. The second kappa shape index (κ2) is 6.35. The van der Waals surface area contributed by atoms with E-state index < -0.39 is 12.0 Å². The Labute approximate surface area is 104 Å². The number of hydrogen-bond acceptors (Lipinski definition) is 3. The summed E-state index contributed by atoms with van der Waals surface area (Å²) < 4.78 is 0. The molecule has 0 aromatic carbocycles. The molecule has 1 aliphatic rings. The van der Waals surface area contributed by atoms with E-state index in [4.69, 9.17) is 5.11 Å². The highest BCUT2D eigenvalue weighted by Crippen LogP contribution is 2.25. The van der Waals surface area contributed by atoms with Gasteiger partial charge in [-0.15, -0.1) is 0 Å². The summed E-state index contributed by atoms with van der Waals surface area (Å²) in [6.07, 6.45) is 2.49. The van der Waals surface area contributed by atoms with Crippen LogP contribution in [0.3, 0.4) is 0 Å². The van der Waals surface area contributed by atoms with Crippen molar-refractivity contribution in [2.24, 2.45) is 5.92 Å². The number of ketones is 1. The van der Waals surface area contributed by atoms with Crippen molar-refractivity contribution in [1.29, 1.82) is 0 Å². The van der Waals surface area contributed by atoms with Crippen LogP contribution in [0.2, 0.25) is 0 Å². The lowest BCUT2D eigenvalue weighted by molar-refractivity contribution is -0.142. The molecule has 0 radical (unpaired) electrons. The Morgan fingerprint density at radius 1 is 1.50 bits per heavy atom. The Bertz CT molecular complexity index is 270. The zero-order valence-corrected chi connectivity index (χ0v) is 11.1. The van der Waals surface area contributed by atoms with Gasteiger partial charge in [-0.3, -0.25) is 14.5 Å². The van der Waals surface area contributed by atoms with Crippen LogP contribution in [0.5, 0.6) is 0 Å². The lowest BCUT2D eigenvalue weighted by Crippen LogP contribution is -2.36. The van der Waals surface area contributed by atoms with Gasteiger partial charge < -0.3 is 5.11 Å². The topological polar surface area (TPSA) is 57.6 Å². The predicted octanol–water partition coefficient (Wildman–Crippen LogP) is 1.53. The maximum Gasteiger partial charge on any atom is 0.320 e. The van der Waals surface area contributed by atoms with Crippen molar-refractivity contribution < 1.29 is 14.7 Å². The third-order valence-electron chi connectivity index (χ3n) is 3.07. The minimum absolute atomic E-state index is 0.114. The van der Waals surface area contributed by atoms with Gasteiger partial charge in [0.25, 0.3) is 0 Å². The minimum Gasteiger partial charge on any atom is -0.480 e. The van der Waals surface area contributed by atoms with Crippen molar-refractivity contribution in [2.45, 2.75) is 32.2 Å². The van der Waals surface area contributed by atoms with Gasteiger partial charge in [0.1, 0.15) is 11.8 Å². The van der Waals surface area contributed by atoms with E-state index in [9.17, 15) is 9.59 Å². The zero-order chi connectivity index (χ0) is 12.1. The van der Waals surface area contributed by atoms with Gasteiger partial charge in [0.05, 0.1) is 5.33 Å². The summed E-state index contributed by atoms with van der Waals surface area (Å²) in [5, 5.41) is 9.42. The van der Waals surface area contributed by atoms with Crippen molar-refractivity contribution in [3.05, 3.63) is 0 Å². The molecule has 2 atom stereocenters. The molecule has 2 unspecified atom stereocenters. The number of carbonyl (C=O) groups excluding carboxylic acids is 1. The number of likely N-dealkylation sites (tertiary alicyclic amines) is 1. The van der Waals surface area contributed by atoms with Crippen LogP contribution in [0.15, 0.2) is 0 Å². The lowest BCUT2D eigenvalue weighted by Gasteiger charge is -2.20. The van der Waals surface area contributed by atoms with Gasteiger partial charge in [-0.1, -0.05) is 29.3 Å². The number of alkyl halides is 1. The highest BCUT2D eigenvalue weighted by atomic mass is 79.9. The van der Waals surface area contributed by atoms with Crippen molar-refractivity contribution in [1.82, 2.24) is 4.90 Å². The van der Waals surface area contributed by atoms with Crippen molar-refractivity contribution >= 4 is 27.7 Å². The Morgan fingerprint density at radius 2 is 2.19 bits per heavy atom. The number of halogens is 1. The Kier molecular flexibility index (Phi) is 5.41. The first-order chi connectivity index (χ1) is 7.60. The van der Waals surface area contributed by atoms with Gasteiger partial charge >= 0.3 is 5.97 Å². The monoisotopic (exact) mass is 291 g/mol.